The maximum atomic E-state index is 12.0. The Bertz CT molecular complexity index is 665. The topological polar surface area (TPSA) is 63.1 Å². The molecule has 0 spiro atoms. The quantitative estimate of drug-likeness (QED) is 0.912. The van der Waals surface area contributed by atoms with Crippen molar-refractivity contribution in [2.24, 2.45) is 5.92 Å². The maximum absolute atomic E-state index is 12.0. The highest BCUT2D eigenvalue weighted by Gasteiger charge is 2.19. The molecule has 1 amide bonds. The molecule has 0 bridgehead atoms. The molecular weight excluding hydrogens is 290 g/mol. The van der Waals surface area contributed by atoms with E-state index in [9.17, 15) is 4.79 Å². The van der Waals surface area contributed by atoms with Crippen LogP contribution in [0.3, 0.4) is 0 Å². The molecule has 0 saturated heterocycles. The molecule has 6 nitrogen and oxygen atoms in total. The second-order valence-electron chi connectivity index (χ2n) is 6.40. The first-order valence-corrected chi connectivity index (χ1v) is 8.08. The van der Waals surface area contributed by atoms with Gasteiger partial charge in [0, 0.05) is 32.0 Å². The molecule has 3 heterocycles. The van der Waals surface area contributed by atoms with Gasteiger partial charge < -0.3 is 5.32 Å². The zero-order valence-corrected chi connectivity index (χ0v) is 13.7. The molecule has 0 fully saturated rings. The van der Waals surface area contributed by atoms with Crippen LogP contribution in [0.5, 0.6) is 0 Å². The molecule has 3 rings (SSSR count). The molecular formula is C17H23N5O. The van der Waals surface area contributed by atoms with Gasteiger partial charge in [-0.05, 0) is 24.1 Å². The molecule has 0 atom stereocenters. The SMILES string of the molecule is CC(C)CN1CCn2nc(CNC(=O)c3cccnc3)cc2C1. The van der Waals surface area contributed by atoms with Gasteiger partial charge in [0.1, 0.15) is 0 Å². The van der Waals surface area contributed by atoms with Crippen molar-refractivity contribution in [2.75, 3.05) is 13.1 Å². The van der Waals surface area contributed by atoms with Crippen LogP contribution in [0.15, 0.2) is 30.6 Å². The van der Waals surface area contributed by atoms with Crippen LogP contribution in [0.4, 0.5) is 0 Å². The summed E-state index contributed by atoms with van der Waals surface area (Å²) in [6.07, 6.45) is 3.22. The van der Waals surface area contributed by atoms with E-state index in [4.69, 9.17) is 0 Å². The van der Waals surface area contributed by atoms with E-state index < -0.39 is 0 Å². The summed E-state index contributed by atoms with van der Waals surface area (Å²) in [5, 5.41) is 7.49. The predicted molar refractivity (Wildman–Crippen MR) is 87.7 cm³/mol. The minimum absolute atomic E-state index is 0.120. The molecule has 0 aromatic carbocycles. The number of amides is 1. The van der Waals surface area contributed by atoms with Crippen LogP contribution in [-0.2, 0) is 19.6 Å². The fourth-order valence-electron chi connectivity index (χ4n) is 2.91. The number of nitrogens with zero attached hydrogens (tertiary/aromatic N) is 4. The van der Waals surface area contributed by atoms with E-state index in [0.29, 0.717) is 18.0 Å². The second kappa shape index (κ2) is 6.91. The van der Waals surface area contributed by atoms with Gasteiger partial charge in [0.05, 0.1) is 30.0 Å². The number of aromatic nitrogens is 3. The molecule has 2 aromatic heterocycles. The molecule has 0 radical (unpaired) electrons. The normalized spacial score (nSPS) is 14.7. The van der Waals surface area contributed by atoms with Crippen LogP contribution in [0, 0.1) is 5.92 Å². The minimum atomic E-state index is -0.120. The summed E-state index contributed by atoms with van der Waals surface area (Å²) < 4.78 is 2.06. The summed E-state index contributed by atoms with van der Waals surface area (Å²) in [5.74, 6) is 0.549. The number of hydrogen-bond acceptors (Lipinski definition) is 4. The van der Waals surface area contributed by atoms with Gasteiger partial charge in [-0.2, -0.15) is 5.10 Å². The zero-order chi connectivity index (χ0) is 16.2. The lowest BCUT2D eigenvalue weighted by Crippen LogP contribution is -2.36. The molecule has 23 heavy (non-hydrogen) atoms. The largest absolute Gasteiger partial charge is 0.346 e. The molecule has 1 N–H and O–H groups in total. The van der Waals surface area contributed by atoms with Gasteiger partial charge in [-0.1, -0.05) is 13.8 Å². The minimum Gasteiger partial charge on any atom is -0.346 e. The second-order valence-corrected chi connectivity index (χ2v) is 6.40. The average Bonchev–Trinajstić information content (AvgIpc) is 2.95. The van der Waals surface area contributed by atoms with Gasteiger partial charge >= 0.3 is 0 Å². The molecule has 122 valence electrons. The lowest BCUT2D eigenvalue weighted by molar-refractivity contribution is 0.0950. The summed E-state index contributed by atoms with van der Waals surface area (Å²) >= 11 is 0. The van der Waals surface area contributed by atoms with Gasteiger partial charge in [-0.3, -0.25) is 19.4 Å². The smallest absolute Gasteiger partial charge is 0.253 e. The fraction of sp³-hybridized carbons (Fsp3) is 0.471. The number of carbonyl (C=O) groups excluding carboxylic acids is 1. The number of carbonyl (C=O) groups is 1. The van der Waals surface area contributed by atoms with Crippen LogP contribution in [-0.4, -0.2) is 38.7 Å². The number of hydrogen-bond donors (Lipinski definition) is 1. The first kappa shape index (κ1) is 15.7. The van der Waals surface area contributed by atoms with Crippen molar-refractivity contribution in [3.8, 4) is 0 Å². The number of rotatable bonds is 5. The summed E-state index contributed by atoms with van der Waals surface area (Å²) in [6.45, 7) is 8.92. The summed E-state index contributed by atoms with van der Waals surface area (Å²) in [7, 11) is 0. The Morgan fingerprint density at radius 3 is 3.00 bits per heavy atom. The highest BCUT2D eigenvalue weighted by molar-refractivity contribution is 5.93. The van der Waals surface area contributed by atoms with E-state index in [1.165, 1.54) is 5.69 Å². The first-order chi connectivity index (χ1) is 11.1. The van der Waals surface area contributed by atoms with Gasteiger partial charge in [-0.15, -0.1) is 0 Å². The van der Waals surface area contributed by atoms with Crippen molar-refractivity contribution >= 4 is 5.91 Å². The lowest BCUT2D eigenvalue weighted by atomic mass is 10.2. The number of nitrogens with one attached hydrogen (secondary N) is 1. The monoisotopic (exact) mass is 313 g/mol. The molecule has 0 aliphatic carbocycles. The van der Waals surface area contributed by atoms with Crippen molar-refractivity contribution in [1.82, 2.24) is 25.0 Å². The summed E-state index contributed by atoms with van der Waals surface area (Å²) in [6, 6.07) is 5.61. The lowest BCUT2D eigenvalue weighted by Gasteiger charge is -2.28. The molecule has 1 aliphatic rings. The van der Waals surface area contributed by atoms with Crippen molar-refractivity contribution in [1.29, 1.82) is 0 Å². The van der Waals surface area contributed by atoms with E-state index in [1.807, 2.05) is 0 Å². The molecule has 0 unspecified atom stereocenters. The molecule has 1 aliphatic heterocycles. The van der Waals surface area contributed by atoms with Crippen molar-refractivity contribution in [2.45, 2.75) is 33.5 Å². The fourth-order valence-corrected chi connectivity index (χ4v) is 2.91. The third-order valence-corrected chi connectivity index (χ3v) is 3.90. The van der Waals surface area contributed by atoms with Crippen LogP contribution < -0.4 is 5.32 Å². The average molecular weight is 313 g/mol. The Kier molecular flexibility index (Phi) is 4.71. The standard InChI is InChI=1S/C17H23N5O/c1-13(2)11-21-6-7-22-16(12-21)8-15(20-22)10-19-17(23)14-4-3-5-18-9-14/h3-5,8-9,13H,6-7,10-12H2,1-2H3,(H,19,23). The highest BCUT2D eigenvalue weighted by Crippen LogP contribution is 2.15. The van der Waals surface area contributed by atoms with Crippen LogP contribution in [0.25, 0.3) is 0 Å². The predicted octanol–water partition coefficient (Wildman–Crippen LogP) is 1.68. The molecule has 2 aromatic rings. The van der Waals surface area contributed by atoms with Crippen LogP contribution in [0.2, 0.25) is 0 Å². The Morgan fingerprint density at radius 1 is 1.39 bits per heavy atom. The highest BCUT2D eigenvalue weighted by atomic mass is 16.1. The Hall–Kier alpha value is -2.21. The van der Waals surface area contributed by atoms with E-state index in [1.54, 1.807) is 24.5 Å². The Labute approximate surface area is 136 Å². The zero-order valence-electron chi connectivity index (χ0n) is 13.7. The van der Waals surface area contributed by atoms with Gasteiger partial charge in [0.25, 0.3) is 5.91 Å². The van der Waals surface area contributed by atoms with Crippen molar-refractivity contribution in [3.63, 3.8) is 0 Å². The van der Waals surface area contributed by atoms with E-state index in [2.05, 4.69) is 44.9 Å². The molecule has 0 saturated carbocycles. The Balaban J connectivity index is 1.59. The number of fused-ring (bicyclic) bond motifs is 1. The van der Waals surface area contributed by atoms with Gasteiger partial charge in [-0.25, -0.2) is 0 Å². The van der Waals surface area contributed by atoms with E-state index in [0.717, 1.165) is 31.9 Å². The summed E-state index contributed by atoms with van der Waals surface area (Å²) in [4.78, 5) is 18.5. The van der Waals surface area contributed by atoms with E-state index in [-0.39, 0.29) is 5.91 Å². The van der Waals surface area contributed by atoms with Crippen molar-refractivity contribution < 1.29 is 4.79 Å². The Morgan fingerprint density at radius 2 is 2.26 bits per heavy atom. The molecule has 6 heteroatoms. The summed E-state index contributed by atoms with van der Waals surface area (Å²) in [5.41, 5.74) is 2.70. The van der Waals surface area contributed by atoms with Crippen LogP contribution in [0.1, 0.15) is 35.6 Å². The van der Waals surface area contributed by atoms with E-state index >= 15 is 0 Å². The third-order valence-electron chi connectivity index (χ3n) is 3.90. The first-order valence-electron chi connectivity index (χ1n) is 8.08. The van der Waals surface area contributed by atoms with Crippen molar-refractivity contribution in [3.05, 3.63) is 47.5 Å². The van der Waals surface area contributed by atoms with Gasteiger partial charge in [0.2, 0.25) is 0 Å². The third kappa shape index (κ3) is 3.96. The van der Waals surface area contributed by atoms with Crippen LogP contribution >= 0.6 is 0 Å². The van der Waals surface area contributed by atoms with Gasteiger partial charge in [0.15, 0.2) is 0 Å². The number of pyridine rings is 1. The maximum Gasteiger partial charge on any atom is 0.253 e.